The van der Waals surface area contributed by atoms with Crippen molar-refractivity contribution in [1.29, 1.82) is 0 Å². The van der Waals surface area contributed by atoms with Gasteiger partial charge in [0.25, 0.3) is 0 Å². The van der Waals surface area contributed by atoms with E-state index in [-0.39, 0.29) is 17.6 Å². The third kappa shape index (κ3) is 1.89. The third-order valence-electron chi connectivity index (χ3n) is 2.10. The van der Waals surface area contributed by atoms with Gasteiger partial charge in [-0.1, -0.05) is 11.6 Å². The molecule has 8 heteroatoms. The lowest BCUT2D eigenvalue weighted by Crippen LogP contribution is -2.12. The smallest absolute Gasteiger partial charge is 0.376 e. The van der Waals surface area contributed by atoms with Gasteiger partial charge in [0.2, 0.25) is 11.5 Å². The van der Waals surface area contributed by atoms with Crippen molar-refractivity contribution in [3.63, 3.8) is 0 Å². The molecule has 2 aromatic heterocycles. The van der Waals surface area contributed by atoms with Crippen molar-refractivity contribution >= 4 is 29.0 Å². The maximum absolute atomic E-state index is 11.7. The van der Waals surface area contributed by atoms with E-state index in [1.807, 2.05) is 0 Å². The van der Waals surface area contributed by atoms with E-state index in [4.69, 9.17) is 16.3 Å². The van der Waals surface area contributed by atoms with E-state index in [0.29, 0.717) is 11.5 Å². The molecule has 0 amide bonds. The van der Waals surface area contributed by atoms with Crippen molar-refractivity contribution in [2.24, 2.45) is 0 Å². The number of nitrogens with one attached hydrogen (secondary N) is 1. The van der Waals surface area contributed by atoms with Crippen LogP contribution in [0.5, 0.6) is 0 Å². The van der Waals surface area contributed by atoms with Crippen LogP contribution in [0.1, 0.15) is 17.5 Å². The zero-order valence-electron chi connectivity index (χ0n) is 9.27. The number of aromatic nitrogens is 4. The Kier molecular flexibility index (Phi) is 3.10. The summed E-state index contributed by atoms with van der Waals surface area (Å²) in [6.07, 6.45) is 1.49. The second-order valence-corrected chi connectivity index (χ2v) is 3.45. The van der Waals surface area contributed by atoms with E-state index in [1.165, 1.54) is 10.6 Å². The maximum atomic E-state index is 11.7. The Hall–Kier alpha value is -1.89. The molecule has 0 unspecified atom stereocenters. The van der Waals surface area contributed by atoms with Crippen LogP contribution in [0.3, 0.4) is 0 Å². The number of ether oxygens (including phenoxy) is 1. The van der Waals surface area contributed by atoms with Gasteiger partial charge in [0.1, 0.15) is 5.82 Å². The van der Waals surface area contributed by atoms with Crippen molar-refractivity contribution in [2.45, 2.75) is 6.92 Å². The highest BCUT2D eigenvalue weighted by molar-refractivity contribution is 6.32. The van der Waals surface area contributed by atoms with Crippen molar-refractivity contribution < 1.29 is 9.53 Å². The maximum Gasteiger partial charge on any atom is 0.376 e. The summed E-state index contributed by atoms with van der Waals surface area (Å²) in [6.45, 7) is 1.98. The average molecular weight is 256 g/mol. The van der Waals surface area contributed by atoms with E-state index >= 15 is 0 Å². The van der Waals surface area contributed by atoms with Gasteiger partial charge in [0.05, 0.1) is 12.8 Å². The molecule has 2 aromatic rings. The summed E-state index contributed by atoms with van der Waals surface area (Å²) in [5.74, 6) is 0.0618. The van der Waals surface area contributed by atoms with Crippen LogP contribution in [0.2, 0.25) is 5.15 Å². The first-order valence-electron chi connectivity index (χ1n) is 4.93. The number of hydrogen-bond acceptors (Lipinski definition) is 6. The van der Waals surface area contributed by atoms with E-state index in [9.17, 15) is 4.79 Å². The van der Waals surface area contributed by atoms with Crippen LogP contribution in [0.4, 0.5) is 5.82 Å². The van der Waals surface area contributed by atoms with E-state index in [2.05, 4.69) is 20.5 Å². The van der Waals surface area contributed by atoms with Crippen LogP contribution >= 0.6 is 11.6 Å². The normalized spacial score (nSPS) is 10.5. The number of esters is 1. The number of halogens is 1. The molecule has 2 rings (SSSR count). The minimum Gasteiger partial charge on any atom is -0.460 e. The van der Waals surface area contributed by atoms with Crippen LogP contribution in [-0.2, 0) is 4.74 Å². The third-order valence-corrected chi connectivity index (χ3v) is 2.37. The van der Waals surface area contributed by atoms with Gasteiger partial charge in [-0.05, 0) is 6.92 Å². The van der Waals surface area contributed by atoms with Crippen LogP contribution < -0.4 is 5.32 Å². The van der Waals surface area contributed by atoms with E-state index in [1.54, 1.807) is 14.0 Å². The minimum atomic E-state index is -0.557. The Balaban J connectivity index is 2.65. The predicted octanol–water partition coefficient (Wildman–Crippen LogP) is 0.996. The van der Waals surface area contributed by atoms with Gasteiger partial charge in [0, 0.05) is 7.05 Å². The number of nitrogens with zero attached hydrogens (tertiary/aromatic N) is 4. The Morgan fingerprint density at radius 3 is 3.00 bits per heavy atom. The zero-order chi connectivity index (χ0) is 12.4. The molecule has 0 aliphatic heterocycles. The molecular formula is C9H10ClN5O2. The van der Waals surface area contributed by atoms with Gasteiger partial charge >= 0.3 is 5.97 Å². The summed E-state index contributed by atoms with van der Waals surface area (Å²) in [7, 11) is 1.69. The van der Waals surface area contributed by atoms with Crippen molar-refractivity contribution in [2.75, 3.05) is 19.0 Å². The summed E-state index contributed by atoms with van der Waals surface area (Å²) >= 11 is 5.87. The highest BCUT2D eigenvalue weighted by Crippen LogP contribution is 2.18. The molecule has 2 heterocycles. The fourth-order valence-corrected chi connectivity index (χ4v) is 1.55. The quantitative estimate of drug-likeness (QED) is 0.824. The van der Waals surface area contributed by atoms with Crippen molar-refractivity contribution in [3.8, 4) is 0 Å². The lowest BCUT2D eigenvalue weighted by Gasteiger charge is -2.06. The Morgan fingerprint density at radius 1 is 1.59 bits per heavy atom. The van der Waals surface area contributed by atoms with E-state index in [0.717, 1.165) is 0 Å². The molecule has 0 spiro atoms. The standard InChI is InChI=1S/C9H10ClN5O2/c1-3-17-9(16)8-14-13-7-6(10)12-4-5(11-2)15(7)8/h4,11H,3H2,1-2H3. The van der Waals surface area contributed by atoms with Gasteiger partial charge in [-0.15, -0.1) is 10.2 Å². The van der Waals surface area contributed by atoms with Gasteiger partial charge in [-0.2, -0.15) is 0 Å². The molecule has 17 heavy (non-hydrogen) atoms. The van der Waals surface area contributed by atoms with Crippen LogP contribution in [0.25, 0.3) is 5.65 Å². The fraction of sp³-hybridized carbons (Fsp3) is 0.333. The van der Waals surface area contributed by atoms with Gasteiger partial charge in [-0.3, -0.25) is 4.40 Å². The molecule has 0 bridgehead atoms. The fourth-order valence-electron chi connectivity index (χ4n) is 1.38. The highest BCUT2D eigenvalue weighted by atomic mass is 35.5. The van der Waals surface area contributed by atoms with Crippen molar-refractivity contribution in [1.82, 2.24) is 19.6 Å². The number of carbonyl (C=O) groups is 1. The van der Waals surface area contributed by atoms with Crippen LogP contribution in [-0.4, -0.2) is 39.2 Å². The monoisotopic (exact) mass is 255 g/mol. The Bertz CT molecular complexity index is 568. The molecule has 0 aliphatic rings. The lowest BCUT2D eigenvalue weighted by atomic mass is 10.5. The molecule has 1 N–H and O–H groups in total. The van der Waals surface area contributed by atoms with Crippen molar-refractivity contribution in [3.05, 3.63) is 17.2 Å². The first kappa shape index (κ1) is 11.6. The molecule has 0 saturated carbocycles. The second kappa shape index (κ2) is 4.54. The van der Waals surface area contributed by atoms with E-state index < -0.39 is 5.97 Å². The van der Waals surface area contributed by atoms with Gasteiger partial charge in [0.15, 0.2) is 5.15 Å². The molecule has 0 aromatic carbocycles. The highest BCUT2D eigenvalue weighted by Gasteiger charge is 2.19. The molecule has 90 valence electrons. The summed E-state index contributed by atoms with van der Waals surface area (Å²) in [5.41, 5.74) is 0.307. The molecule has 0 aliphatic carbocycles. The number of hydrogen-bond donors (Lipinski definition) is 1. The number of carbonyl (C=O) groups excluding carboxylic acids is 1. The summed E-state index contributed by atoms with van der Waals surface area (Å²) in [5, 5.41) is 10.6. The first-order valence-corrected chi connectivity index (χ1v) is 5.31. The Morgan fingerprint density at radius 2 is 2.35 bits per heavy atom. The molecule has 0 saturated heterocycles. The SMILES string of the molecule is CCOC(=O)c1nnc2c(Cl)ncc(NC)n12. The van der Waals surface area contributed by atoms with Crippen LogP contribution in [0, 0.1) is 0 Å². The molecule has 0 atom stereocenters. The van der Waals surface area contributed by atoms with Crippen LogP contribution in [0.15, 0.2) is 6.20 Å². The second-order valence-electron chi connectivity index (χ2n) is 3.09. The minimum absolute atomic E-state index is 0.0653. The summed E-state index contributed by atoms with van der Waals surface area (Å²) < 4.78 is 6.35. The molecule has 0 radical (unpaired) electrons. The zero-order valence-corrected chi connectivity index (χ0v) is 10.0. The Labute approximate surface area is 102 Å². The summed E-state index contributed by atoms with van der Waals surface area (Å²) in [4.78, 5) is 15.6. The number of anilines is 1. The van der Waals surface area contributed by atoms with Gasteiger partial charge in [-0.25, -0.2) is 9.78 Å². The molecule has 0 fully saturated rings. The number of rotatable bonds is 3. The number of fused-ring (bicyclic) bond motifs is 1. The largest absolute Gasteiger partial charge is 0.460 e. The molecular weight excluding hydrogens is 246 g/mol. The lowest BCUT2D eigenvalue weighted by molar-refractivity contribution is 0.0510. The first-order chi connectivity index (χ1) is 8.19. The topological polar surface area (TPSA) is 81.4 Å². The predicted molar refractivity (Wildman–Crippen MR) is 61.3 cm³/mol. The summed E-state index contributed by atoms with van der Waals surface area (Å²) in [6, 6.07) is 0. The average Bonchev–Trinajstić information content (AvgIpc) is 2.75. The molecule has 7 nitrogen and oxygen atoms in total. The van der Waals surface area contributed by atoms with Gasteiger partial charge < -0.3 is 10.1 Å².